The molecule has 0 saturated carbocycles. The van der Waals surface area contributed by atoms with E-state index in [1.54, 1.807) is 35.0 Å². The van der Waals surface area contributed by atoms with Crippen LogP contribution in [0.1, 0.15) is 16.9 Å². The number of benzene rings is 1. The predicted molar refractivity (Wildman–Crippen MR) is 82.1 cm³/mol. The van der Waals surface area contributed by atoms with E-state index in [0.29, 0.717) is 23.7 Å². The summed E-state index contributed by atoms with van der Waals surface area (Å²) in [4.78, 5) is 25.6. The minimum atomic E-state index is -0.469. The minimum Gasteiger partial charge on any atom is -0.344 e. The third-order valence-corrected chi connectivity index (χ3v) is 3.97. The van der Waals surface area contributed by atoms with Gasteiger partial charge in [0, 0.05) is 19.8 Å². The number of para-hydroxylation sites is 1. The van der Waals surface area contributed by atoms with E-state index in [1.165, 1.54) is 0 Å². The number of nitrogens with one attached hydrogen (secondary N) is 1. The van der Waals surface area contributed by atoms with Crippen LogP contribution < -0.4 is 5.32 Å². The molecule has 2 amide bonds. The van der Waals surface area contributed by atoms with Crippen LogP contribution in [0.5, 0.6) is 0 Å². The Morgan fingerprint density at radius 3 is 2.82 bits per heavy atom. The summed E-state index contributed by atoms with van der Waals surface area (Å²) in [6, 6.07) is 8.36. The van der Waals surface area contributed by atoms with Crippen molar-refractivity contribution in [3.8, 4) is 5.69 Å². The SMILES string of the molecule is CN1CC[C@H](NC(=O)c2ccn(-c3ccccc3Cl)n2)C1=O. The van der Waals surface area contributed by atoms with Gasteiger partial charge in [0.05, 0.1) is 10.7 Å². The summed E-state index contributed by atoms with van der Waals surface area (Å²) in [5.41, 5.74) is 0.946. The topological polar surface area (TPSA) is 67.2 Å². The second kappa shape index (κ2) is 5.81. The minimum absolute atomic E-state index is 0.0705. The van der Waals surface area contributed by atoms with E-state index in [1.807, 2.05) is 18.2 Å². The van der Waals surface area contributed by atoms with Gasteiger partial charge in [0.2, 0.25) is 5.91 Å². The van der Waals surface area contributed by atoms with Crippen molar-refractivity contribution in [2.75, 3.05) is 13.6 Å². The fourth-order valence-electron chi connectivity index (χ4n) is 2.41. The van der Waals surface area contributed by atoms with E-state index >= 15 is 0 Å². The molecule has 114 valence electrons. The summed E-state index contributed by atoms with van der Waals surface area (Å²) in [7, 11) is 1.72. The van der Waals surface area contributed by atoms with Crippen LogP contribution in [-0.4, -0.2) is 46.1 Å². The van der Waals surface area contributed by atoms with E-state index in [2.05, 4.69) is 10.4 Å². The molecule has 22 heavy (non-hydrogen) atoms. The van der Waals surface area contributed by atoms with Crippen molar-refractivity contribution < 1.29 is 9.59 Å². The van der Waals surface area contributed by atoms with Gasteiger partial charge in [-0.2, -0.15) is 5.10 Å². The average Bonchev–Trinajstić information content (AvgIpc) is 3.10. The van der Waals surface area contributed by atoms with Crippen LogP contribution in [-0.2, 0) is 4.79 Å². The monoisotopic (exact) mass is 318 g/mol. The number of nitrogens with zero attached hydrogens (tertiary/aromatic N) is 3. The molecular weight excluding hydrogens is 304 g/mol. The summed E-state index contributed by atoms with van der Waals surface area (Å²) >= 11 is 6.11. The molecular formula is C15H15ClN4O2. The highest BCUT2D eigenvalue weighted by atomic mass is 35.5. The van der Waals surface area contributed by atoms with Crippen LogP contribution in [0.25, 0.3) is 5.69 Å². The van der Waals surface area contributed by atoms with Crippen LogP contribution in [0, 0.1) is 0 Å². The van der Waals surface area contributed by atoms with Gasteiger partial charge in [0.1, 0.15) is 6.04 Å². The van der Waals surface area contributed by atoms with E-state index in [4.69, 9.17) is 11.6 Å². The molecule has 0 spiro atoms. The summed E-state index contributed by atoms with van der Waals surface area (Å²) in [5.74, 6) is -0.432. The van der Waals surface area contributed by atoms with Gasteiger partial charge in [-0.15, -0.1) is 0 Å². The number of hydrogen-bond donors (Lipinski definition) is 1. The fourth-order valence-corrected chi connectivity index (χ4v) is 2.63. The first-order valence-electron chi connectivity index (χ1n) is 6.92. The van der Waals surface area contributed by atoms with Crippen molar-refractivity contribution in [2.24, 2.45) is 0 Å². The maximum absolute atomic E-state index is 12.2. The van der Waals surface area contributed by atoms with Crippen molar-refractivity contribution in [1.29, 1.82) is 0 Å². The second-order valence-electron chi connectivity index (χ2n) is 5.17. The van der Waals surface area contributed by atoms with Crippen LogP contribution in [0.15, 0.2) is 36.5 Å². The lowest BCUT2D eigenvalue weighted by atomic mass is 10.2. The van der Waals surface area contributed by atoms with Gasteiger partial charge in [0.15, 0.2) is 5.69 Å². The molecule has 1 aliphatic heterocycles. The summed E-state index contributed by atoms with van der Waals surface area (Å²) < 4.78 is 1.54. The lowest BCUT2D eigenvalue weighted by Crippen LogP contribution is -2.40. The molecule has 0 bridgehead atoms. The van der Waals surface area contributed by atoms with Gasteiger partial charge < -0.3 is 10.2 Å². The molecule has 6 nitrogen and oxygen atoms in total. The Morgan fingerprint density at radius 1 is 1.36 bits per heavy atom. The average molecular weight is 319 g/mol. The molecule has 7 heteroatoms. The predicted octanol–water partition coefficient (Wildman–Crippen LogP) is 1.49. The molecule has 1 atom stereocenters. The Labute approximate surface area is 132 Å². The van der Waals surface area contributed by atoms with E-state index < -0.39 is 6.04 Å². The Balaban J connectivity index is 1.75. The molecule has 0 radical (unpaired) electrons. The van der Waals surface area contributed by atoms with Crippen molar-refractivity contribution in [1.82, 2.24) is 20.0 Å². The summed E-state index contributed by atoms with van der Waals surface area (Å²) in [5, 5.41) is 7.48. The summed E-state index contributed by atoms with van der Waals surface area (Å²) in [6.07, 6.45) is 2.28. The largest absolute Gasteiger partial charge is 0.344 e. The van der Waals surface area contributed by atoms with E-state index in [9.17, 15) is 9.59 Å². The molecule has 1 aliphatic rings. The van der Waals surface area contributed by atoms with E-state index in [0.717, 1.165) is 0 Å². The fraction of sp³-hybridized carbons (Fsp3) is 0.267. The molecule has 1 fully saturated rings. The van der Waals surface area contributed by atoms with Crippen molar-refractivity contribution in [3.63, 3.8) is 0 Å². The zero-order valence-corrected chi connectivity index (χ0v) is 12.7. The number of halogens is 1. The smallest absolute Gasteiger partial charge is 0.272 e. The Morgan fingerprint density at radius 2 is 2.14 bits per heavy atom. The Kier molecular flexibility index (Phi) is 3.85. The number of hydrogen-bond acceptors (Lipinski definition) is 3. The first-order valence-corrected chi connectivity index (χ1v) is 7.30. The lowest BCUT2D eigenvalue weighted by molar-refractivity contribution is -0.128. The molecule has 2 heterocycles. The molecule has 2 aromatic rings. The quantitative estimate of drug-likeness (QED) is 0.932. The van der Waals surface area contributed by atoms with Gasteiger partial charge in [-0.05, 0) is 24.6 Å². The van der Waals surface area contributed by atoms with Gasteiger partial charge in [-0.1, -0.05) is 23.7 Å². The van der Waals surface area contributed by atoms with Gasteiger partial charge in [-0.25, -0.2) is 4.68 Å². The maximum Gasteiger partial charge on any atom is 0.272 e. The third-order valence-electron chi connectivity index (χ3n) is 3.65. The highest BCUT2D eigenvalue weighted by molar-refractivity contribution is 6.32. The number of carbonyl (C=O) groups is 2. The number of amides is 2. The second-order valence-corrected chi connectivity index (χ2v) is 5.58. The Bertz CT molecular complexity index is 728. The molecule has 1 aromatic carbocycles. The van der Waals surface area contributed by atoms with Crippen molar-refractivity contribution >= 4 is 23.4 Å². The number of aromatic nitrogens is 2. The van der Waals surface area contributed by atoms with Gasteiger partial charge >= 0.3 is 0 Å². The normalized spacial score (nSPS) is 17.8. The number of likely N-dealkylation sites (N-methyl/N-ethyl adjacent to an activating group) is 1. The number of rotatable bonds is 3. The lowest BCUT2D eigenvalue weighted by Gasteiger charge is -2.11. The van der Waals surface area contributed by atoms with Crippen molar-refractivity contribution in [3.05, 3.63) is 47.2 Å². The number of carbonyl (C=O) groups excluding carboxylic acids is 2. The maximum atomic E-state index is 12.2. The van der Waals surface area contributed by atoms with Crippen LogP contribution >= 0.6 is 11.6 Å². The van der Waals surface area contributed by atoms with Gasteiger partial charge in [-0.3, -0.25) is 9.59 Å². The molecule has 1 aromatic heterocycles. The molecule has 0 aliphatic carbocycles. The standard InChI is InChI=1S/C15H15ClN4O2/c1-19-8-6-12(15(19)22)17-14(21)11-7-9-20(18-11)13-5-3-2-4-10(13)16/h2-5,7,9,12H,6,8H2,1H3,(H,17,21)/t12-/m0/s1. The highest BCUT2D eigenvalue weighted by Crippen LogP contribution is 2.19. The van der Waals surface area contributed by atoms with Crippen LogP contribution in [0.4, 0.5) is 0 Å². The highest BCUT2D eigenvalue weighted by Gasteiger charge is 2.30. The molecule has 1 saturated heterocycles. The number of likely N-dealkylation sites (tertiary alicyclic amines) is 1. The van der Waals surface area contributed by atoms with Gasteiger partial charge in [0.25, 0.3) is 5.91 Å². The molecule has 1 N–H and O–H groups in total. The van der Waals surface area contributed by atoms with Crippen LogP contribution in [0.3, 0.4) is 0 Å². The Hall–Kier alpha value is -2.34. The summed E-state index contributed by atoms with van der Waals surface area (Å²) in [6.45, 7) is 0.651. The van der Waals surface area contributed by atoms with Crippen molar-refractivity contribution in [2.45, 2.75) is 12.5 Å². The van der Waals surface area contributed by atoms with E-state index in [-0.39, 0.29) is 17.5 Å². The first-order chi connectivity index (χ1) is 10.6. The van der Waals surface area contributed by atoms with Crippen LogP contribution in [0.2, 0.25) is 5.02 Å². The zero-order valence-electron chi connectivity index (χ0n) is 12.0. The first kappa shape index (κ1) is 14.6. The third kappa shape index (κ3) is 2.69. The molecule has 0 unspecified atom stereocenters. The zero-order chi connectivity index (χ0) is 15.7. The molecule has 3 rings (SSSR count).